The van der Waals surface area contributed by atoms with Crippen LogP contribution in [0, 0.1) is 0 Å². The van der Waals surface area contributed by atoms with Crippen molar-refractivity contribution in [3.63, 3.8) is 0 Å². The van der Waals surface area contributed by atoms with Gasteiger partial charge < -0.3 is 25.2 Å². The van der Waals surface area contributed by atoms with Gasteiger partial charge in [0.2, 0.25) is 5.91 Å². The first-order valence-corrected chi connectivity index (χ1v) is 9.98. The number of ether oxygens (including phenoxy) is 1. The largest absolute Gasteiger partial charge is 0.444 e. The minimum absolute atomic E-state index is 0. The summed E-state index contributed by atoms with van der Waals surface area (Å²) >= 11 is 0. The van der Waals surface area contributed by atoms with E-state index >= 15 is 0 Å². The van der Waals surface area contributed by atoms with Crippen molar-refractivity contribution >= 4 is 41.9 Å². The lowest BCUT2D eigenvalue weighted by Gasteiger charge is -2.40. The van der Waals surface area contributed by atoms with Crippen LogP contribution < -0.4 is 10.6 Å². The number of nitrogens with one attached hydrogen (secondary N) is 2. The number of amides is 2. The zero-order valence-corrected chi connectivity index (χ0v) is 20.6. The third-order valence-electron chi connectivity index (χ3n) is 4.96. The SMILES string of the molecule is C=CCNC(=NCC(=O)N(C)C)NC1CC2CCC(C1)N2C(=O)OC(C)(C)C.I. The van der Waals surface area contributed by atoms with E-state index in [1.165, 1.54) is 4.90 Å². The van der Waals surface area contributed by atoms with Crippen LogP contribution in [0.3, 0.4) is 0 Å². The van der Waals surface area contributed by atoms with Gasteiger partial charge in [0.25, 0.3) is 0 Å². The molecule has 2 aliphatic rings. The van der Waals surface area contributed by atoms with E-state index in [0.29, 0.717) is 12.5 Å². The highest BCUT2D eigenvalue weighted by atomic mass is 127. The minimum atomic E-state index is -0.487. The van der Waals surface area contributed by atoms with Gasteiger partial charge in [0.1, 0.15) is 12.1 Å². The molecule has 2 fully saturated rings. The molecule has 0 aromatic heterocycles. The van der Waals surface area contributed by atoms with Crippen LogP contribution in [0.4, 0.5) is 4.79 Å². The van der Waals surface area contributed by atoms with Gasteiger partial charge in [-0.25, -0.2) is 9.79 Å². The Kier molecular flexibility index (Phi) is 9.70. The Hall–Kier alpha value is -1.52. The number of carbonyl (C=O) groups excluding carboxylic acids is 2. The summed E-state index contributed by atoms with van der Waals surface area (Å²) < 4.78 is 5.59. The number of nitrogens with zero attached hydrogens (tertiary/aromatic N) is 3. The lowest BCUT2D eigenvalue weighted by atomic mass is 9.98. The molecule has 2 aliphatic heterocycles. The van der Waals surface area contributed by atoms with E-state index in [9.17, 15) is 9.59 Å². The van der Waals surface area contributed by atoms with Crippen LogP contribution in [-0.2, 0) is 9.53 Å². The van der Waals surface area contributed by atoms with E-state index in [4.69, 9.17) is 4.74 Å². The minimum Gasteiger partial charge on any atom is -0.444 e. The summed E-state index contributed by atoms with van der Waals surface area (Å²) in [6.45, 7) is 10.0. The highest BCUT2D eigenvalue weighted by Gasteiger charge is 2.45. The molecule has 2 atom stereocenters. The van der Waals surface area contributed by atoms with Crippen LogP contribution in [-0.4, -0.2) is 78.7 Å². The molecule has 29 heavy (non-hydrogen) atoms. The Morgan fingerprint density at radius 1 is 1.24 bits per heavy atom. The second-order valence-corrected chi connectivity index (χ2v) is 8.71. The number of hydrogen-bond acceptors (Lipinski definition) is 4. The molecule has 2 N–H and O–H groups in total. The van der Waals surface area contributed by atoms with Crippen LogP contribution >= 0.6 is 24.0 Å². The molecule has 0 aromatic rings. The first-order valence-electron chi connectivity index (χ1n) is 9.98. The van der Waals surface area contributed by atoms with Crippen LogP contribution in [0.5, 0.6) is 0 Å². The summed E-state index contributed by atoms with van der Waals surface area (Å²) in [5.41, 5.74) is -0.487. The predicted molar refractivity (Wildman–Crippen MR) is 126 cm³/mol. The summed E-state index contributed by atoms with van der Waals surface area (Å²) in [7, 11) is 3.43. The van der Waals surface area contributed by atoms with Crippen LogP contribution in [0.25, 0.3) is 0 Å². The van der Waals surface area contributed by atoms with Gasteiger partial charge in [-0.2, -0.15) is 0 Å². The van der Waals surface area contributed by atoms with Gasteiger partial charge in [-0.05, 0) is 46.5 Å². The van der Waals surface area contributed by atoms with Crippen molar-refractivity contribution in [2.45, 2.75) is 70.2 Å². The van der Waals surface area contributed by atoms with E-state index in [0.717, 1.165) is 25.7 Å². The Balaban J connectivity index is 0.00000420. The molecule has 9 heteroatoms. The summed E-state index contributed by atoms with van der Waals surface area (Å²) in [5.74, 6) is 0.546. The maximum Gasteiger partial charge on any atom is 0.410 e. The molecule has 2 rings (SSSR count). The maximum absolute atomic E-state index is 12.6. The summed E-state index contributed by atoms with van der Waals surface area (Å²) in [6.07, 6.45) is 5.20. The van der Waals surface area contributed by atoms with E-state index in [-0.39, 0.29) is 60.6 Å². The van der Waals surface area contributed by atoms with Crippen LogP contribution in [0.15, 0.2) is 17.6 Å². The molecule has 2 bridgehead atoms. The van der Waals surface area contributed by atoms with Crippen molar-refractivity contribution in [1.29, 1.82) is 0 Å². The number of rotatable bonds is 5. The Morgan fingerprint density at radius 2 is 1.83 bits per heavy atom. The normalized spacial score (nSPS) is 23.7. The number of piperidine rings is 1. The van der Waals surface area contributed by atoms with Gasteiger partial charge in [-0.1, -0.05) is 6.08 Å². The van der Waals surface area contributed by atoms with Gasteiger partial charge in [-0.15, -0.1) is 30.6 Å². The second-order valence-electron chi connectivity index (χ2n) is 8.71. The Labute approximate surface area is 191 Å². The third-order valence-corrected chi connectivity index (χ3v) is 4.96. The smallest absolute Gasteiger partial charge is 0.410 e. The van der Waals surface area contributed by atoms with Gasteiger partial charge in [-0.3, -0.25) is 4.79 Å². The molecule has 2 unspecified atom stereocenters. The summed E-state index contributed by atoms with van der Waals surface area (Å²) in [4.78, 5) is 32.3. The van der Waals surface area contributed by atoms with Gasteiger partial charge in [0.15, 0.2) is 5.96 Å². The highest BCUT2D eigenvalue weighted by Crippen LogP contribution is 2.36. The van der Waals surface area contributed by atoms with Crippen molar-refractivity contribution < 1.29 is 14.3 Å². The molecule has 166 valence electrons. The molecular weight excluding hydrogens is 485 g/mol. The number of likely N-dealkylation sites (N-methyl/N-ethyl adjacent to an activating group) is 1. The number of carbonyl (C=O) groups is 2. The lowest BCUT2D eigenvalue weighted by Crippen LogP contribution is -2.55. The predicted octanol–water partition coefficient (Wildman–Crippen LogP) is 2.34. The molecule has 8 nitrogen and oxygen atoms in total. The van der Waals surface area contributed by atoms with E-state index in [1.54, 1.807) is 20.2 Å². The first kappa shape index (κ1) is 25.5. The third kappa shape index (κ3) is 7.67. The number of halogens is 1. The van der Waals surface area contributed by atoms with Crippen molar-refractivity contribution in [3.05, 3.63) is 12.7 Å². The first-order chi connectivity index (χ1) is 13.1. The van der Waals surface area contributed by atoms with Crippen LogP contribution in [0.2, 0.25) is 0 Å². The monoisotopic (exact) mass is 521 g/mol. The topological polar surface area (TPSA) is 86.3 Å². The standard InChI is InChI=1S/C20H35N5O3.HI/c1-7-10-21-18(22-13-17(26)24(5)6)23-14-11-15-8-9-16(12-14)25(15)19(27)28-20(2,3)4;/h7,14-16H,1,8-13H2,2-6H3,(H2,21,22,23);1H. The van der Waals surface area contributed by atoms with Crippen LogP contribution in [0.1, 0.15) is 46.5 Å². The molecule has 2 saturated heterocycles. The van der Waals surface area contributed by atoms with Gasteiger partial charge in [0, 0.05) is 38.8 Å². The molecular formula is C20H36IN5O3. The molecule has 0 radical (unpaired) electrons. The van der Waals surface area contributed by atoms with Crippen molar-refractivity contribution in [2.24, 2.45) is 4.99 Å². The Morgan fingerprint density at radius 3 is 2.31 bits per heavy atom. The lowest BCUT2D eigenvalue weighted by molar-refractivity contribution is -0.127. The second kappa shape index (κ2) is 11.0. The fourth-order valence-corrected chi connectivity index (χ4v) is 3.71. The number of fused-ring (bicyclic) bond motifs is 2. The van der Waals surface area contributed by atoms with Gasteiger partial charge >= 0.3 is 6.09 Å². The van der Waals surface area contributed by atoms with E-state index in [2.05, 4.69) is 22.2 Å². The zero-order valence-electron chi connectivity index (χ0n) is 18.2. The van der Waals surface area contributed by atoms with E-state index < -0.39 is 5.60 Å². The molecule has 2 heterocycles. The fourth-order valence-electron chi connectivity index (χ4n) is 3.71. The van der Waals surface area contributed by atoms with E-state index in [1.807, 2.05) is 25.7 Å². The van der Waals surface area contributed by atoms with Crippen molar-refractivity contribution in [3.8, 4) is 0 Å². The maximum atomic E-state index is 12.6. The van der Waals surface area contributed by atoms with Gasteiger partial charge in [0.05, 0.1) is 0 Å². The molecule has 0 aliphatic carbocycles. The molecule has 0 saturated carbocycles. The molecule has 2 amide bonds. The number of hydrogen-bond donors (Lipinski definition) is 2. The Bertz CT molecular complexity index is 604. The molecule has 0 aromatic carbocycles. The highest BCUT2D eigenvalue weighted by molar-refractivity contribution is 14.0. The number of guanidine groups is 1. The summed E-state index contributed by atoms with van der Waals surface area (Å²) in [6, 6.07) is 0.548. The number of aliphatic imine (C=N–C) groups is 1. The van der Waals surface area contributed by atoms with Crippen molar-refractivity contribution in [1.82, 2.24) is 20.4 Å². The quantitative estimate of drug-likeness (QED) is 0.251. The molecule has 0 spiro atoms. The average molecular weight is 521 g/mol. The fraction of sp³-hybridized carbons (Fsp3) is 0.750. The summed E-state index contributed by atoms with van der Waals surface area (Å²) in [5, 5.41) is 6.61. The van der Waals surface area contributed by atoms with Crippen molar-refractivity contribution in [2.75, 3.05) is 27.2 Å². The average Bonchev–Trinajstić information content (AvgIpc) is 2.86. The zero-order chi connectivity index (χ0) is 20.9.